The molecule has 3 aromatic carbocycles. The Morgan fingerprint density at radius 2 is 1.22 bits per heavy atom. The molecule has 0 spiro atoms. The van der Waals surface area contributed by atoms with Crippen molar-refractivity contribution in [1.29, 1.82) is 0 Å². The number of hydrogen-bond acceptors (Lipinski definition) is 5. The molecule has 1 aromatic heterocycles. The Morgan fingerprint density at radius 3 is 1.67 bits per heavy atom. The van der Waals surface area contributed by atoms with Crippen LogP contribution >= 0.6 is 0 Å². The van der Waals surface area contributed by atoms with Gasteiger partial charge in [-0.05, 0) is 39.2 Å². The smallest absolute Gasteiger partial charge is 0.261 e. The third kappa shape index (κ3) is 2.61. The van der Waals surface area contributed by atoms with Crippen LogP contribution < -0.4 is 22.0 Å². The molecule has 0 amide bonds. The molecule has 0 unspecified atom stereocenters. The van der Waals surface area contributed by atoms with Crippen LogP contribution in [0.3, 0.4) is 0 Å². The van der Waals surface area contributed by atoms with Gasteiger partial charge in [0.05, 0.1) is 10.8 Å². The van der Waals surface area contributed by atoms with Gasteiger partial charge in [0.15, 0.2) is 10.9 Å². The first-order valence-electron chi connectivity index (χ1n) is 8.77. The van der Waals surface area contributed by atoms with Gasteiger partial charge in [0.1, 0.15) is 0 Å². The minimum Gasteiger partial charge on any atom is -0.309 e. The van der Waals surface area contributed by atoms with Gasteiger partial charge >= 0.3 is 0 Å². The molecule has 6 nitrogen and oxygen atoms in total. The lowest BCUT2D eigenvalue weighted by molar-refractivity contribution is 0.384. The highest BCUT2D eigenvalue weighted by Gasteiger charge is 2.17. The Labute approximate surface area is 153 Å². The summed E-state index contributed by atoms with van der Waals surface area (Å²) in [5.74, 6) is 0. The summed E-state index contributed by atoms with van der Waals surface area (Å²) >= 11 is 0. The van der Waals surface area contributed by atoms with Gasteiger partial charge in [-0.2, -0.15) is 0 Å². The molecule has 0 radical (unpaired) electrons. The number of benzene rings is 3. The molecule has 0 aliphatic carbocycles. The van der Waals surface area contributed by atoms with Gasteiger partial charge < -0.3 is 4.90 Å². The van der Waals surface area contributed by atoms with Gasteiger partial charge in [0.2, 0.25) is 0 Å². The lowest BCUT2D eigenvalue weighted by Crippen LogP contribution is -2.27. The van der Waals surface area contributed by atoms with Crippen LogP contribution in [-0.2, 0) is 6.54 Å². The molecule has 0 saturated heterocycles. The van der Waals surface area contributed by atoms with E-state index in [1.54, 1.807) is 24.3 Å². The van der Waals surface area contributed by atoms with E-state index in [9.17, 15) is 19.2 Å². The van der Waals surface area contributed by atoms with Crippen LogP contribution in [0.25, 0.3) is 32.3 Å². The highest BCUT2D eigenvalue weighted by atomic mass is 16.2. The molecule has 0 fully saturated rings. The Balaban J connectivity index is 2.03. The van der Waals surface area contributed by atoms with Crippen molar-refractivity contribution in [2.45, 2.75) is 13.0 Å². The van der Waals surface area contributed by atoms with Crippen molar-refractivity contribution in [3.05, 3.63) is 77.6 Å². The SMILES string of the molecule is CN(C)CCCn1c(=O)c2cc3c(=O)c4ccccc4c(=O)c3cc2c1=O. The molecule has 1 heterocycles. The lowest BCUT2D eigenvalue weighted by atomic mass is 10.0. The van der Waals surface area contributed by atoms with Crippen LogP contribution in [0.4, 0.5) is 0 Å². The molecule has 4 rings (SSSR count). The summed E-state index contributed by atoms with van der Waals surface area (Å²) in [5.41, 5.74) is -1.41. The Hall–Kier alpha value is -3.12. The van der Waals surface area contributed by atoms with Crippen molar-refractivity contribution in [3.63, 3.8) is 0 Å². The zero-order valence-electron chi connectivity index (χ0n) is 15.1. The van der Waals surface area contributed by atoms with Gasteiger partial charge in [-0.1, -0.05) is 24.3 Å². The maximum Gasteiger partial charge on any atom is 0.261 e. The fourth-order valence-corrected chi connectivity index (χ4v) is 3.63. The van der Waals surface area contributed by atoms with E-state index in [-0.39, 0.29) is 32.4 Å². The molecule has 0 atom stereocenters. The number of fused-ring (bicyclic) bond motifs is 3. The van der Waals surface area contributed by atoms with E-state index in [1.807, 2.05) is 19.0 Å². The number of nitrogens with zero attached hydrogens (tertiary/aromatic N) is 2. The highest BCUT2D eigenvalue weighted by molar-refractivity contribution is 6.04. The standard InChI is InChI=1S/C21H18N2O4/c1-22(2)8-5-9-23-20(26)16-10-14-15(11-17(16)21(23)27)19(25)13-7-4-3-6-12(13)18(14)24/h3-4,6-7,10-11H,5,8-9H2,1-2H3. The normalized spacial score (nSPS) is 12.0. The number of aromatic nitrogens is 1. The van der Waals surface area contributed by atoms with Gasteiger partial charge in [0, 0.05) is 28.1 Å². The molecular formula is C21H18N2O4. The van der Waals surface area contributed by atoms with E-state index in [0.717, 1.165) is 6.54 Å². The zero-order valence-corrected chi connectivity index (χ0v) is 15.1. The first-order valence-corrected chi connectivity index (χ1v) is 8.77. The second kappa shape index (κ2) is 6.25. The third-order valence-electron chi connectivity index (χ3n) is 5.00. The van der Waals surface area contributed by atoms with E-state index in [1.165, 1.54) is 16.7 Å². The molecule has 0 aliphatic rings. The van der Waals surface area contributed by atoms with Crippen LogP contribution in [-0.4, -0.2) is 30.1 Å². The average Bonchev–Trinajstić information content (AvgIpc) is 2.89. The minimum atomic E-state index is -0.407. The molecule has 6 heteroatoms. The zero-order chi connectivity index (χ0) is 19.3. The molecular weight excluding hydrogens is 344 g/mol. The van der Waals surface area contributed by atoms with Crippen molar-refractivity contribution in [2.75, 3.05) is 20.6 Å². The molecule has 136 valence electrons. The molecule has 27 heavy (non-hydrogen) atoms. The Bertz CT molecular complexity index is 1310. The summed E-state index contributed by atoms with van der Waals surface area (Å²) in [6.07, 6.45) is 0.654. The predicted octanol–water partition coefficient (Wildman–Crippen LogP) is 1.22. The van der Waals surface area contributed by atoms with Crippen molar-refractivity contribution in [3.8, 4) is 0 Å². The topological polar surface area (TPSA) is 76.5 Å². The Morgan fingerprint density at radius 1 is 0.741 bits per heavy atom. The van der Waals surface area contributed by atoms with Crippen molar-refractivity contribution in [2.24, 2.45) is 0 Å². The molecule has 0 saturated carbocycles. The highest BCUT2D eigenvalue weighted by Crippen LogP contribution is 2.17. The minimum absolute atomic E-state index is 0.189. The van der Waals surface area contributed by atoms with Crippen LogP contribution in [0.1, 0.15) is 6.42 Å². The van der Waals surface area contributed by atoms with Crippen LogP contribution in [0.15, 0.2) is 55.6 Å². The molecule has 0 aliphatic heterocycles. The quantitative estimate of drug-likeness (QED) is 0.510. The third-order valence-corrected chi connectivity index (χ3v) is 5.00. The summed E-state index contributed by atoms with van der Waals surface area (Å²) in [5, 5.41) is 1.43. The fraction of sp³-hybridized carbons (Fsp3) is 0.238. The van der Waals surface area contributed by atoms with Crippen molar-refractivity contribution >= 4 is 32.3 Å². The summed E-state index contributed by atoms with van der Waals surface area (Å²) in [7, 11) is 3.84. The monoisotopic (exact) mass is 362 g/mol. The maximum absolute atomic E-state index is 12.8. The van der Waals surface area contributed by atoms with Crippen molar-refractivity contribution < 1.29 is 0 Å². The molecule has 0 N–H and O–H groups in total. The van der Waals surface area contributed by atoms with Crippen LogP contribution in [0, 0.1) is 0 Å². The maximum atomic E-state index is 12.8. The summed E-state index contributed by atoms with van der Waals surface area (Å²) < 4.78 is 1.20. The summed E-state index contributed by atoms with van der Waals surface area (Å²) in [4.78, 5) is 53.0. The fourth-order valence-electron chi connectivity index (χ4n) is 3.63. The molecule has 0 bridgehead atoms. The first-order chi connectivity index (χ1) is 12.9. The number of rotatable bonds is 4. The van der Waals surface area contributed by atoms with E-state index in [0.29, 0.717) is 23.7 Å². The van der Waals surface area contributed by atoms with Crippen LogP contribution in [0.5, 0.6) is 0 Å². The van der Waals surface area contributed by atoms with E-state index in [2.05, 4.69) is 0 Å². The second-order valence-corrected chi connectivity index (χ2v) is 7.07. The van der Waals surface area contributed by atoms with Crippen LogP contribution in [0.2, 0.25) is 0 Å². The second-order valence-electron chi connectivity index (χ2n) is 7.07. The van der Waals surface area contributed by atoms with Gasteiger partial charge in [-0.25, -0.2) is 0 Å². The van der Waals surface area contributed by atoms with E-state index < -0.39 is 11.1 Å². The van der Waals surface area contributed by atoms with Gasteiger partial charge in [0.25, 0.3) is 11.1 Å². The summed E-state index contributed by atoms with van der Waals surface area (Å²) in [6, 6.07) is 9.42. The van der Waals surface area contributed by atoms with E-state index >= 15 is 0 Å². The predicted molar refractivity (Wildman–Crippen MR) is 108 cm³/mol. The van der Waals surface area contributed by atoms with Gasteiger partial charge in [-0.3, -0.25) is 23.7 Å². The summed E-state index contributed by atoms with van der Waals surface area (Å²) in [6.45, 7) is 1.05. The van der Waals surface area contributed by atoms with Gasteiger partial charge in [-0.15, -0.1) is 0 Å². The average molecular weight is 362 g/mol. The van der Waals surface area contributed by atoms with Crippen molar-refractivity contribution in [1.82, 2.24) is 9.47 Å². The van der Waals surface area contributed by atoms with E-state index in [4.69, 9.17) is 0 Å². The lowest BCUT2D eigenvalue weighted by Gasteiger charge is -2.08. The Kier molecular flexibility index (Phi) is 4.00. The first kappa shape index (κ1) is 17.3. The largest absolute Gasteiger partial charge is 0.309 e. The number of hydrogen-bond donors (Lipinski definition) is 0. The molecule has 4 aromatic rings.